The monoisotopic (exact) mass is 291 g/mol. The van der Waals surface area contributed by atoms with Gasteiger partial charge in [-0.3, -0.25) is 4.79 Å². The number of amides is 2. The van der Waals surface area contributed by atoms with Crippen LogP contribution in [-0.4, -0.2) is 47.2 Å². The van der Waals surface area contributed by atoms with Gasteiger partial charge in [0.05, 0.1) is 6.04 Å². The number of likely N-dealkylation sites (tertiary alicyclic amines) is 1. The lowest BCUT2D eigenvalue weighted by Crippen LogP contribution is -2.50. The summed E-state index contributed by atoms with van der Waals surface area (Å²) in [4.78, 5) is 24.2. The van der Waals surface area contributed by atoms with E-state index >= 15 is 0 Å². The van der Waals surface area contributed by atoms with Crippen molar-refractivity contribution in [3.05, 3.63) is 35.9 Å². The van der Waals surface area contributed by atoms with Gasteiger partial charge in [-0.2, -0.15) is 0 Å². The molecule has 0 saturated carbocycles. The summed E-state index contributed by atoms with van der Waals surface area (Å²) in [6.07, 6.45) is 0.868. The minimum Gasteiger partial charge on any atom is -0.465 e. The summed E-state index contributed by atoms with van der Waals surface area (Å²) < 4.78 is 0. The van der Waals surface area contributed by atoms with E-state index in [2.05, 4.69) is 5.32 Å². The molecule has 1 unspecified atom stereocenters. The number of nitrogens with zero attached hydrogens (tertiary/aromatic N) is 1. The van der Waals surface area contributed by atoms with E-state index in [-0.39, 0.29) is 11.9 Å². The van der Waals surface area contributed by atoms with Crippen LogP contribution in [0.3, 0.4) is 0 Å². The summed E-state index contributed by atoms with van der Waals surface area (Å²) in [6, 6.07) is 9.07. The van der Waals surface area contributed by atoms with Crippen LogP contribution in [0.25, 0.3) is 0 Å². The molecule has 2 amide bonds. The molecule has 1 aliphatic rings. The summed E-state index contributed by atoms with van der Waals surface area (Å²) >= 11 is 0. The minimum atomic E-state index is -0.902. The van der Waals surface area contributed by atoms with E-state index in [1.54, 1.807) is 0 Å². The molecular weight excluding hydrogens is 270 g/mol. The van der Waals surface area contributed by atoms with Crippen molar-refractivity contribution >= 4 is 12.0 Å². The van der Waals surface area contributed by atoms with E-state index in [1.807, 2.05) is 30.3 Å². The Kier molecular flexibility index (Phi) is 5.16. The Balaban J connectivity index is 1.78. The molecule has 0 aliphatic carbocycles. The summed E-state index contributed by atoms with van der Waals surface area (Å²) in [7, 11) is 0. The maximum absolute atomic E-state index is 12.1. The summed E-state index contributed by atoms with van der Waals surface area (Å²) in [5.74, 6) is -0.173. The number of hydrogen-bond acceptors (Lipinski definition) is 3. The first kappa shape index (κ1) is 15.3. The van der Waals surface area contributed by atoms with E-state index in [9.17, 15) is 9.59 Å². The third-order valence-corrected chi connectivity index (χ3v) is 3.75. The van der Waals surface area contributed by atoms with Gasteiger partial charge in [0.2, 0.25) is 5.91 Å². The van der Waals surface area contributed by atoms with Gasteiger partial charge in [0.15, 0.2) is 0 Å². The maximum atomic E-state index is 12.1. The zero-order valence-corrected chi connectivity index (χ0v) is 11.9. The standard InChI is InChI=1S/C15H21N3O3/c16-13(10-11-4-2-1-3-5-11)14(19)17-12-6-8-18(9-7-12)15(20)21/h1-5,12-13H,6-10,16H2,(H,17,19)(H,20,21). The number of benzene rings is 1. The number of carbonyl (C=O) groups excluding carboxylic acids is 1. The molecule has 21 heavy (non-hydrogen) atoms. The molecule has 6 heteroatoms. The minimum absolute atomic E-state index is 0.00919. The van der Waals surface area contributed by atoms with Crippen LogP contribution in [0, 0.1) is 0 Å². The fourth-order valence-electron chi connectivity index (χ4n) is 2.48. The van der Waals surface area contributed by atoms with Gasteiger partial charge < -0.3 is 21.1 Å². The molecule has 0 spiro atoms. The first-order valence-corrected chi connectivity index (χ1v) is 7.14. The number of hydrogen-bond donors (Lipinski definition) is 3. The third kappa shape index (κ3) is 4.46. The second kappa shape index (κ2) is 7.08. The average molecular weight is 291 g/mol. The smallest absolute Gasteiger partial charge is 0.407 e. The van der Waals surface area contributed by atoms with Gasteiger partial charge in [-0.1, -0.05) is 30.3 Å². The molecule has 0 radical (unpaired) electrons. The summed E-state index contributed by atoms with van der Waals surface area (Å²) in [6.45, 7) is 0.905. The Labute approximate surface area is 123 Å². The Morgan fingerprint density at radius 3 is 2.48 bits per heavy atom. The van der Waals surface area contributed by atoms with Gasteiger partial charge >= 0.3 is 6.09 Å². The van der Waals surface area contributed by atoms with Crippen LogP contribution < -0.4 is 11.1 Å². The quantitative estimate of drug-likeness (QED) is 0.765. The molecule has 2 rings (SSSR count). The molecule has 4 N–H and O–H groups in total. The zero-order chi connectivity index (χ0) is 15.2. The first-order chi connectivity index (χ1) is 10.1. The van der Waals surface area contributed by atoms with Gasteiger partial charge in [-0.25, -0.2) is 4.79 Å². The van der Waals surface area contributed by atoms with Gasteiger partial charge in [0.1, 0.15) is 0 Å². The Morgan fingerprint density at radius 1 is 1.29 bits per heavy atom. The van der Waals surface area contributed by atoms with Crippen molar-refractivity contribution in [2.45, 2.75) is 31.3 Å². The van der Waals surface area contributed by atoms with Crippen molar-refractivity contribution in [1.82, 2.24) is 10.2 Å². The van der Waals surface area contributed by atoms with Crippen LogP contribution in [-0.2, 0) is 11.2 Å². The predicted molar refractivity (Wildman–Crippen MR) is 78.9 cm³/mol. The van der Waals surface area contributed by atoms with E-state index in [0.29, 0.717) is 32.4 Å². The molecule has 1 atom stereocenters. The van der Waals surface area contributed by atoms with E-state index < -0.39 is 12.1 Å². The van der Waals surface area contributed by atoms with Crippen LogP contribution in [0.1, 0.15) is 18.4 Å². The molecular formula is C15H21N3O3. The number of carbonyl (C=O) groups is 2. The fraction of sp³-hybridized carbons (Fsp3) is 0.467. The van der Waals surface area contributed by atoms with Crippen LogP contribution in [0.4, 0.5) is 4.79 Å². The van der Waals surface area contributed by atoms with Crippen LogP contribution >= 0.6 is 0 Å². The van der Waals surface area contributed by atoms with E-state index in [4.69, 9.17) is 10.8 Å². The largest absolute Gasteiger partial charge is 0.465 e. The second-order valence-electron chi connectivity index (χ2n) is 5.35. The Bertz CT molecular complexity index is 484. The lowest BCUT2D eigenvalue weighted by atomic mass is 10.0. The van der Waals surface area contributed by atoms with Crippen molar-refractivity contribution in [2.24, 2.45) is 5.73 Å². The van der Waals surface area contributed by atoms with Crippen LogP contribution in [0.15, 0.2) is 30.3 Å². The molecule has 0 bridgehead atoms. The molecule has 1 aliphatic heterocycles. The highest BCUT2D eigenvalue weighted by Gasteiger charge is 2.25. The number of piperidine rings is 1. The third-order valence-electron chi connectivity index (χ3n) is 3.75. The number of nitrogens with one attached hydrogen (secondary N) is 1. The zero-order valence-electron chi connectivity index (χ0n) is 11.9. The van der Waals surface area contributed by atoms with Crippen molar-refractivity contribution in [3.63, 3.8) is 0 Å². The highest BCUT2D eigenvalue weighted by Crippen LogP contribution is 2.11. The van der Waals surface area contributed by atoms with Crippen molar-refractivity contribution in [2.75, 3.05) is 13.1 Å². The molecule has 1 fully saturated rings. The molecule has 1 saturated heterocycles. The van der Waals surface area contributed by atoms with Crippen molar-refractivity contribution in [1.29, 1.82) is 0 Å². The van der Waals surface area contributed by atoms with Crippen molar-refractivity contribution < 1.29 is 14.7 Å². The van der Waals surface area contributed by atoms with E-state index in [1.165, 1.54) is 4.90 Å². The molecule has 1 heterocycles. The van der Waals surface area contributed by atoms with Crippen LogP contribution in [0.5, 0.6) is 0 Å². The Hall–Kier alpha value is -2.08. The Morgan fingerprint density at radius 2 is 1.90 bits per heavy atom. The molecule has 1 aromatic rings. The normalized spacial score (nSPS) is 17.3. The van der Waals surface area contributed by atoms with Gasteiger partial charge in [-0.15, -0.1) is 0 Å². The lowest BCUT2D eigenvalue weighted by Gasteiger charge is -2.31. The van der Waals surface area contributed by atoms with Crippen LogP contribution in [0.2, 0.25) is 0 Å². The highest BCUT2D eigenvalue weighted by atomic mass is 16.4. The topological polar surface area (TPSA) is 95.7 Å². The second-order valence-corrected chi connectivity index (χ2v) is 5.35. The predicted octanol–water partition coefficient (Wildman–Crippen LogP) is 0.815. The molecule has 6 nitrogen and oxygen atoms in total. The fourth-order valence-corrected chi connectivity index (χ4v) is 2.48. The SMILES string of the molecule is NC(Cc1ccccc1)C(=O)NC1CCN(C(=O)O)CC1. The maximum Gasteiger partial charge on any atom is 0.407 e. The van der Waals surface area contributed by atoms with Gasteiger partial charge in [0, 0.05) is 19.1 Å². The first-order valence-electron chi connectivity index (χ1n) is 7.14. The van der Waals surface area contributed by atoms with Gasteiger partial charge in [-0.05, 0) is 24.8 Å². The lowest BCUT2D eigenvalue weighted by molar-refractivity contribution is -0.123. The number of rotatable bonds is 4. The molecule has 114 valence electrons. The number of nitrogens with two attached hydrogens (primary N) is 1. The summed E-state index contributed by atoms with van der Waals surface area (Å²) in [5, 5.41) is 11.8. The molecule has 0 aromatic heterocycles. The summed E-state index contributed by atoms with van der Waals surface area (Å²) in [5.41, 5.74) is 6.95. The average Bonchev–Trinajstić information content (AvgIpc) is 2.48. The van der Waals surface area contributed by atoms with E-state index in [0.717, 1.165) is 5.56 Å². The highest BCUT2D eigenvalue weighted by molar-refractivity contribution is 5.82. The number of carboxylic acid groups (broad SMARTS) is 1. The van der Waals surface area contributed by atoms with Gasteiger partial charge in [0.25, 0.3) is 0 Å². The van der Waals surface area contributed by atoms with Crippen molar-refractivity contribution in [3.8, 4) is 0 Å². The molecule has 1 aromatic carbocycles.